The lowest BCUT2D eigenvalue weighted by atomic mass is 10.0. The molecule has 0 spiro atoms. The molecule has 4 atom stereocenters. The minimum atomic E-state index is -1.26. The van der Waals surface area contributed by atoms with Gasteiger partial charge < -0.3 is 30.8 Å². The van der Waals surface area contributed by atoms with Gasteiger partial charge in [-0.15, -0.1) is 0 Å². The number of amides is 4. The zero-order valence-electron chi connectivity index (χ0n) is 24.5. The molecule has 1 aliphatic heterocycles. The number of H-pyrrole nitrogens is 1. The lowest BCUT2D eigenvalue weighted by Gasteiger charge is -2.27. The highest BCUT2D eigenvalue weighted by molar-refractivity contribution is 5.95. The van der Waals surface area contributed by atoms with Crippen LogP contribution in [0.4, 0.5) is 0 Å². The van der Waals surface area contributed by atoms with E-state index in [2.05, 4.69) is 31.5 Å². The summed E-state index contributed by atoms with van der Waals surface area (Å²) < 4.78 is 5.93. The van der Waals surface area contributed by atoms with Crippen LogP contribution in [0.1, 0.15) is 32.1 Å². The van der Waals surface area contributed by atoms with E-state index in [0.717, 1.165) is 5.56 Å². The van der Waals surface area contributed by atoms with Crippen LogP contribution in [0.25, 0.3) is 11.5 Å². The van der Waals surface area contributed by atoms with E-state index in [1.807, 2.05) is 30.3 Å². The predicted octanol–water partition coefficient (Wildman–Crippen LogP) is 0.335. The molecule has 1 aliphatic rings. The van der Waals surface area contributed by atoms with Crippen molar-refractivity contribution in [2.24, 2.45) is 5.92 Å². The number of aromatic amines is 1. The van der Waals surface area contributed by atoms with Gasteiger partial charge in [-0.3, -0.25) is 29.2 Å². The molecule has 6 N–H and O–H groups in total. The number of carbonyl (C=O) groups excluding carboxylic acids is 4. The number of nitrogens with one attached hydrogen (secondary N) is 5. The van der Waals surface area contributed by atoms with Crippen LogP contribution < -0.4 is 21.3 Å². The van der Waals surface area contributed by atoms with Crippen LogP contribution >= 0.6 is 0 Å². The van der Waals surface area contributed by atoms with Gasteiger partial charge in [-0.05, 0) is 36.6 Å². The molecule has 4 amide bonds. The van der Waals surface area contributed by atoms with Crippen molar-refractivity contribution in [1.82, 2.24) is 36.4 Å². The van der Waals surface area contributed by atoms with Crippen LogP contribution in [0.2, 0.25) is 0 Å². The molecular formula is C30H39N7O6. The first-order valence-electron chi connectivity index (χ1n) is 14.3. The summed E-state index contributed by atoms with van der Waals surface area (Å²) in [5.41, 5.74) is 1.49. The van der Waals surface area contributed by atoms with Gasteiger partial charge in [0.2, 0.25) is 23.6 Å². The van der Waals surface area contributed by atoms with E-state index in [1.165, 1.54) is 6.92 Å². The maximum absolute atomic E-state index is 13.5. The van der Waals surface area contributed by atoms with Crippen molar-refractivity contribution < 1.29 is 28.7 Å². The molecule has 0 unspecified atom stereocenters. The van der Waals surface area contributed by atoms with Gasteiger partial charge in [-0.2, -0.15) is 5.10 Å². The number of carbonyl (C=O) groups is 4. The molecule has 3 heterocycles. The largest absolute Gasteiger partial charge is 0.458 e. The Hall–Kier alpha value is -4.49. The topological polar surface area (TPSA) is 182 Å². The van der Waals surface area contributed by atoms with Crippen molar-refractivity contribution in [1.29, 1.82) is 0 Å². The van der Waals surface area contributed by atoms with Crippen LogP contribution in [0.3, 0.4) is 0 Å². The monoisotopic (exact) mass is 593 g/mol. The lowest BCUT2D eigenvalue weighted by Crippen LogP contribution is -2.60. The fourth-order valence-corrected chi connectivity index (χ4v) is 4.82. The first-order valence-corrected chi connectivity index (χ1v) is 14.3. The molecule has 43 heavy (non-hydrogen) atoms. The van der Waals surface area contributed by atoms with Gasteiger partial charge in [0.15, 0.2) is 5.76 Å². The van der Waals surface area contributed by atoms with E-state index in [9.17, 15) is 24.3 Å². The van der Waals surface area contributed by atoms with E-state index in [-0.39, 0.29) is 38.5 Å². The van der Waals surface area contributed by atoms with Crippen LogP contribution in [0.5, 0.6) is 0 Å². The van der Waals surface area contributed by atoms with E-state index in [0.29, 0.717) is 17.2 Å². The number of nitrogens with zero attached hydrogens (tertiary/aromatic N) is 2. The maximum atomic E-state index is 13.5. The van der Waals surface area contributed by atoms with Gasteiger partial charge in [-0.1, -0.05) is 44.2 Å². The third kappa shape index (κ3) is 8.75. The van der Waals surface area contributed by atoms with Crippen molar-refractivity contribution >= 4 is 23.6 Å². The third-order valence-electron chi connectivity index (χ3n) is 7.15. The molecule has 13 nitrogen and oxygen atoms in total. The zero-order valence-corrected chi connectivity index (χ0v) is 24.5. The number of hydrogen-bond acceptors (Lipinski definition) is 8. The van der Waals surface area contributed by atoms with E-state index in [1.54, 1.807) is 43.1 Å². The van der Waals surface area contributed by atoms with Gasteiger partial charge >= 0.3 is 0 Å². The molecule has 0 radical (unpaired) electrons. The van der Waals surface area contributed by atoms with Crippen LogP contribution in [-0.2, 0) is 32.1 Å². The Labute approximate surface area is 249 Å². The summed E-state index contributed by atoms with van der Waals surface area (Å²) in [5.74, 6) is -1.28. The molecule has 2 aromatic heterocycles. The van der Waals surface area contributed by atoms with Gasteiger partial charge in [0.1, 0.15) is 29.6 Å². The second-order valence-electron chi connectivity index (χ2n) is 11.0. The normalized spacial score (nSPS) is 22.1. The molecule has 1 aromatic carbocycles. The Balaban J connectivity index is 1.58. The fourth-order valence-electron chi connectivity index (χ4n) is 4.82. The minimum absolute atomic E-state index is 0.0864. The van der Waals surface area contributed by atoms with Crippen LogP contribution in [0, 0.1) is 5.92 Å². The molecule has 1 saturated heterocycles. The lowest BCUT2D eigenvalue weighted by molar-refractivity contribution is -0.135. The first-order chi connectivity index (χ1) is 20.6. The summed E-state index contributed by atoms with van der Waals surface area (Å²) in [5, 5.41) is 28.1. The van der Waals surface area contributed by atoms with Gasteiger partial charge in [0.25, 0.3) is 0 Å². The molecule has 3 aromatic rings. The minimum Gasteiger partial charge on any atom is -0.458 e. The number of aromatic nitrogens is 2. The Bertz CT molecular complexity index is 1370. The van der Waals surface area contributed by atoms with Gasteiger partial charge in [0, 0.05) is 25.7 Å². The standard InChI is InChI=1S/C30H39N7O6/c1-18(2)26-30(42)33-23(15-20-7-5-4-6-8-20)28(40)35-27(19(3)38)29(41)31-13-14-37(17-25(39)34-26)16-21-9-10-24(43-21)22-11-12-32-36-22/h4-12,18-19,23,26-27,38H,13-17H2,1-3H3,(H,31,41)(H,32,36)(H,33,42)(H,34,39)(H,35,40)/t19-,23+,26-,27+/m1/s1. The number of benzene rings is 1. The Morgan fingerprint density at radius 2 is 1.70 bits per heavy atom. The molecule has 0 bridgehead atoms. The second-order valence-corrected chi connectivity index (χ2v) is 11.0. The van der Waals surface area contributed by atoms with E-state index >= 15 is 0 Å². The zero-order chi connectivity index (χ0) is 30.9. The Morgan fingerprint density at radius 1 is 0.930 bits per heavy atom. The summed E-state index contributed by atoms with van der Waals surface area (Å²) >= 11 is 0. The van der Waals surface area contributed by atoms with Gasteiger partial charge in [-0.25, -0.2) is 0 Å². The smallest absolute Gasteiger partial charge is 0.245 e. The summed E-state index contributed by atoms with van der Waals surface area (Å²) in [6.45, 7) is 5.53. The predicted molar refractivity (Wildman–Crippen MR) is 157 cm³/mol. The van der Waals surface area contributed by atoms with Crippen molar-refractivity contribution in [2.45, 2.75) is 58.0 Å². The number of hydrogen-bond donors (Lipinski definition) is 6. The van der Waals surface area contributed by atoms with Crippen molar-refractivity contribution in [2.75, 3.05) is 19.6 Å². The summed E-state index contributed by atoms with van der Waals surface area (Å²) in [6, 6.07) is 11.2. The Kier molecular flexibility index (Phi) is 10.7. The quantitative estimate of drug-likeness (QED) is 0.227. The van der Waals surface area contributed by atoms with E-state index in [4.69, 9.17) is 4.42 Å². The Morgan fingerprint density at radius 3 is 2.37 bits per heavy atom. The fraction of sp³-hybridized carbons (Fsp3) is 0.433. The molecule has 0 aliphatic carbocycles. The molecular weight excluding hydrogens is 554 g/mol. The number of rotatable bonds is 7. The molecule has 1 fully saturated rings. The van der Waals surface area contributed by atoms with Crippen LogP contribution in [-0.4, -0.2) is 87.7 Å². The summed E-state index contributed by atoms with van der Waals surface area (Å²) in [6.07, 6.45) is 0.546. The molecule has 0 saturated carbocycles. The van der Waals surface area contributed by atoms with Crippen molar-refractivity contribution in [3.8, 4) is 11.5 Å². The highest BCUT2D eigenvalue weighted by Gasteiger charge is 2.33. The number of aliphatic hydroxyl groups excluding tert-OH is 1. The van der Waals surface area contributed by atoms with Crippen molar-refractivity contribution in [3.63, 3.8) is 0 Å². The highest BCUT2D eigenvalue weighted by atomic mass is 16.3. The maximum Gasteiger partial charge on any atom is 0.245 e. The van der Waals surface area contributed by atoms with Crippen LogP contribution in [0.15, 0.2) is 59.1 Å². The molecule has 230 valence electrons. The van der Waals surface area contributed by atoms with E-state index < -0.39 is 47.9 Å². The molecule has 13 heteroatoms. The van der Waals surface area contributed by atoms with Crippen molar-refractivity contribution in [3.05, 3.63) is 66.1 Å². The number of furan rings is 1. The molecule has 4 rings (SSSR count). The average molecular weight is 594 g/mol. The second kappa shape index (κ2) is 14.6. The van der Waals surface area contributed by atoms with Gasteiger partial charge in [0.05, 0.1) is 19.2 Å². The number of aliphatic hydroxyl groups is 1. The SMILES string of the molecule is CC(C)[C@H]1NC(=O)CN(Cc2ccc(-c3ccn[nH]3)o2)CCNC(=O)[C@H]([C@@H](C)O)NC(=O)[C@H](Cc2ccccc2)NC1=O. The summed E-state index contributed by atoms with van der Waals surface area (Å²) in [4.78, 5) is 55.0. The average Bonchev–Trinajstić information content (AvgIpc) is 3.66. The summed E-state index contributed by atoms with van der Waals surface area (Å²) in [7, 11) is 0. The highest BCUT2D eigenvalue weighted by Crippen LogP contribution is 2.20. The third-order valence-corrected chi connectivity index (χ3v) is 7.15. The first kappa shape index (κ1) is 31.4.